The third-order valence-electron chi connectivity index (χ3n) is 1.94. The third-order valence-corrected chi connectivity index (χ3v) is 2.72. The van der Waals surface area contributed by atoms with Crippen molar-refractivity contribution in [3.8, 4) is 6.07 Å². The maximum absolute atomic E-state index is 8.36. The third kappa shape index (κ3) is 3.61. The van der Waals surface area contributed by atoms with Gasteiger partial charge in [0.05, 0.1) is 6.07 Å². The Morgan fingerprint density at radius 2 is 2.00 bits per heavy atom. The Bertz CT molecular complexity index is 301. The number of aryl methyl sites for hydroxylation is 1. The number of hydrogen-bond acceptors (Lipinski definition) is 1. The van der Waals surface area contributed by atoms with Gasteiger partial charge in [0.1, 0.15) is 0 Å². The molecule has 0 atom stereocenters. The van der Waals surface area contributed by atoms with Gasteiger partial charge < -0.3 is 0 Å². The minimum atomic E-state index is 0.671. The van der Waals surface area contributed by atoms with Gasteiger partial charge in [-0.15, -0.1) is 0 Å². The lowest BCUT2D eigenvalue weighted by Gasteiger charge is -2.01. The molecule has 1 nitrogen and oxygen atoms in total. The van der Waals surface area contributed by atoms with Crippen LogP contribution in [-0.4, -0.2) is 0 Å². The number of unbranched alkanes of at least 4 members (excludes halogenated alkanes) is 2. The zero-order chi connectivity index (χ0) is 9.52. The molecule has 0 spiro atoms. The summed E-state index contributed by atoms with van der Waals surface area (Å²) in [6, 6.07) is 10.4. The van der Waals surface area contributed by atoms with E-state index in [0.717, 1.165) is 19.3 Å². The summed E-state index contributed by atoms with van der Waals surface area (Å²) in [7, 11) is 0. The second-order valence-corrected chi connectivity index (χ2v) is 3.81. The van der Waals surface area contributed by atoms with Gasteiger partial charge in [0, 0.05) is 10.9 Å². The molecule has 1 rings (SSSR count). The summed E-state index contributed by atoms with van der Waals surface area (Å²) in [5.41, 5.74) is 1.33. The van der Waals surface area contributed by atoms with E-state index in [1.807, 2.05) is 12.1 Å². The Morgan fingerprint density at radius 1 is 1.23 bits per heavy atom. The predicted octanol–water partition coefficient (Wildman–Crippen LogP) is 3.69. The fourth-order valence-electron chi connectivity index (χ4n) is 1.22. The molecule has 1 aromatic rings. The summed E-state index contributed by atoms with van der Waals surface area (Å²) in [6.45, 7) is 0. The SMILES string of the molecule is N#CCCCCc1ccccc1Br. The van der Waals surface area contributed by atoms with Gasteiger partial charge in [-0.25, -0.2) is 0 Å². The molecule has 0 aliphatic carbocycles. The zero-order valence-corrected chi connectivity index (χ0v) is 9.05. The monoisotopic (exact) mass is 237 g/mol. The highest BCUT2D eigenvalue weighted by Gasteiger charge is 1.97. The van der Waals surface area contributed by atoms with Crippen LogP contribution in [0.4, 0.5) is 0 Å². The number of nitrogens with zero attached hydrogens (tertiary/aromatic N) is 1. The van der Waals surface area contributed by atoms with E-state index in [0.29, 0.717) is 6.42 Å². The molecule has 0 N–H and O–H groups in total. The number of halogens is 1. The van der Waals surface area contributed by atoms with Crippen molar-refractivity contribution in [2.75, 3.05) is 0 Å². The minimum Gasteiger partial charge on any atom is -0.198 e. The molecule has 1 aromatic carbocycles. The molecule has 0 aliphatic heterocycles. The molecule has 2 heteroatoms. The van der Waals surface area contributed by atoms with E-state index in [9.17, 15) is 0 Å². The molecular formula is C11H12BrN. The van der Waals surface area contributed by atoms with Crippen LogP contribution in [0.15, 0.2) is 28.7 Å². The van der Waals surface area contributed by atoms with Crippen LogP contribution < -0.4 is 0 Å². The van der Waals surface area contributed by atoms with Crippen molar-refractivity contribution >= 4 is 15.9 Å². The van der Waals surface area contributed by atoms with Crippen molar-refractivity contribution in [2.45, 2.75) is 25.7 Å². The molecule has 68 valence electrons. The predicted molar refractivity (Wildman–Crippen MR) is 57.3 cm³/mol. The number of hydrogen-bond donors (Lipinski definition) is 0. The van der Waals surface area contributed by atoms with Crippen LogP contribution in [0, 0.1) is 11.3 Å². The fraction of sp³-hybridized carbons (Fsp3) is 0.364. The Hall–Kier alpha value is -0.810. The summed E-state index contributed by atoms with van der Waals surface area (Å²) in [6.07, 6.45) is 3.82. The van der Waals surface area contributed by atoms with Crippen molar-refractivity contribution in [3.05, 3.63) is 34.3 Å². The molecule has 0 saturated heterocycles. The molecule has 0 radical (unpaired) electrons. The average molecular weight is 238 g/mol. The van der Waals surface area contributed by atoms with Crippen LogP contribution in [-0.2, 0) is 6.42 Å². The van der Waals surface area contributed by atoms with Crippen molar-refractivity contribution in [3.63, 3.8) is 0 Å². The van der Waals surface area contributed by atoms with E-state index < -0.39 is 0 Å². The largest absolute Gasteiger partial charge is 0.198 e. The first kappa shape index (κ1) is 10.3. The molecule has 0 saturated carbocycles. The van der Waals surface area contributed by atoms with Crippen LogP contribution in [0.1, 0.15) is 24.8 Å². The molecule has 0 unspecified atom stereocenters. The summed E-state index contributed by atoms with van der Waals surface area (Å²) in [4.78, 5) is 0. The second kappa shape index (κ2) is 5.77. The van der Waals surface area contributed by atoms with E-state index in [2.05, 4.69) is 34.1 Å². The Balaban J connectivity index is 2.37. The van der Waals surface area contributed by atoms with Crippen LogP contribution >= 0.6 is 15.9 Å². The first-order valence-corrected chi connectivity index (χ1v) is 5.24. The van der Waals surface area contributed by atoms with Crippen LogP contribution in [0.3, 0.4) is 0 Å². The Labute approximate surface area is 87.5 Å². The number of benzene rings is 1. The fourth-order valence-corrected chi connectivity index (χ4v) is 1.70. The van der Waals surface area contributed by atoms with E-state index in [4.69, 9.17) is 5.26 Å². The summed E-state index contributed by atoms with van der Waals surface area (Å²) < 4.78 is 1.17. The van der Waals surface area contributed by atoms with E-state index >= 15 is 0 Å². The highest BCUT2D eigenvalue weighted by atomic mass is 79.9. The maximum Gasteiger partial charge on any atom is 0.0621 e. The van der Waals surface area contributed by atoms with E-state index in [1.165, 1.54) is 10.0 Å². The Morgan fingerprint density at radius 3 is 2.69 bits per heavy atom. The normalized spacial score (nSPS) is 9.54. The van der Waals surface area contributed by atoms with Crippen molar-refractivity contribution in [1.82, 2.24) is 0 Å². The van der Waals surface area contributed by atoms with Gasteiger partial charge in [0.15, 0.2) is 0 Å². The van der Waals surface area contributed by atoms with Crippen LogP contribution in [0.5, 0.6) is 0 Å². The second-order valence-electron chi connectivity index (χ2n) is 2.96. The van der Waals surface area contributed by atoms with Gasteiger partial charge in [-0.1, -0.05) is 34.1 Å². The van der Waals surface area contributed by atoms with Gasteiger partial charge in [0.2, 0.25) is 0 Å². The summed E-state index contributed by atoms with van der Waals surface area (Å²) >= 11 is 3.50. The van der Waals surface area contributed by atoms with Crippen LogP contribution in [0.25, 0.3) is 0 Å². The topological polar surface area (TPSA) is 23.8 Å². The minimum absolute atomic E-state index is 0.671. The van der Waals surface area contributed by atoms with Crippen molar-refractivity contribution in [2.24, 2.45) is 0 Å². The average Bonchev–Trinajstić information content (AvgIpc) is 2.15. The summed E-state index contributed by atoms with van der Waals surface area (Å²) in [5, 5.41) is 8.36. The number of rotatable bonds is 4. The Kier molecular flexibility index (Phi) is 4.56. The molecule has 0 heterocycles. The number of nitriles is 1. The highest BCUT2D eigenvalue weighted by Crippen LogP contribution is 2.18. The van der Waals surface area contributed by atoms with E-state index in [1.54, 1.807) is 0 Å². The van der Waals surface area contributed by atoms with Crippen molar-refractivity contribution in [1.29, 1.82) is 5.26 Å². The maximum atomic E-state index is 8.36. The molecule has 0 aliphatic rings. The zero-order valence-electron chi connectivity index (χ0n) is 7.46. The van der Waals surface area contributed by atoms with Gasteiger partial charge in [0.25, 0.3) is 0 Å². The van der Waals surface area contributed by atoms with Gasteiger partial charge in [-0.05, 0) is 30.9 Å². The lowest BCUT2D eigenvalue weighted by atomic mass is 10.1. The lowest BCUT2D eigenvalue weighted by molar-refractivity contribution is 0.751. The first-order chi connectivity index (χ1) is 6.34. The summed E-state index contributed by atoms with van der Waals surface area (Å²) in [5.74, 6) is 0. The van der Waals surface area contributed by atoms with Gasteiger partial charge in [-0.3, -0.25) is 0 Å². The van der Waals surface area contributed by atoms with Gasteiger partial charge >= 0.3 is 0 Å². The van der Waals surface area contributed by atoms with E-state index in [-0.39, 0.29) is 0 Å². The first-order valence-electron chi connectivity index (χ1n) is 4.45. The molecule has 0 aromatic heterocycles. The molecule has 0 bridgehead atoms. The van der Waals surface area contributed by atoms with Gasteiger partial charge in [-0.2, -0.15) is 5.26 Å². The van der Waals surface area contributed by atoms with Crippen molar-refractivity contribution < 1.29 is 0 Å². The molecule has 0 amide bonds. The molecule has 0 fully saturated rings. The standard InChI is InChI=1S/C11H12BrN/c12-11-8-4-3-7-10(11)6-2-1-5-9-13/h3-4,7-8H,1-2,5-6H2. The lowest BCUT2D eigenvalue weighted by Crippen LogP contribution is -1.86. The molecule has 13 heavy (non-hydrogen) atoms. The quantitative estimate of drug-likeness (QED) is 0.734. The molecular weight excluding hydrogens is 226 g/mol. The van der Waals surface area contributed by atoms with Crippen LogP contribution in [0.2, 0.25) is 0 Å². The highest BCUT2D eigenvalue weighted by molar-refractivity contribution is 9.10. The smallest absolute Gasteiger partial charge is 0.0621 e.